The van der Waals surface area contributed by atoms with Crippen molar-refractivity contribution in [2.24, 2.45) is 0 Å². The van der Waals surface area contributed by atoms with Gasteiger partial charge in [0.15, 0.2) is 16.6 Å². The van der Waals surface area contributed by atoms with E-state index in [1.54, 1.807) is 12.0 Å². The maximum Gasteiger partial charge on any atom is 0.245 e. The van der Waals surface area contributed by atoms with Gasteiger partial charge in [0, 0.05) is 25.3 Å². The summed E-state index contributed by atoms with van der Waals surface area (Å²) in [5, 5.41) is 3.40. The second-order valence-corrected chi connectivity index (χ2v) is 9.71. The number of likely N-dealkylation sites (tertiary alicyclic amines) is 1. The number of methoxy groups -OCH3 is 1. The fourth-order valence-corrected chi connectivity index (χ4v) is 5.40. The number of para-hydroxylation sites is 1. The fourth-order valence-electron chi connectivity index (χ4n) is 4.44. The molecular formula is C25H27N3O5S. The maximum absolute atomic E-state index is 12.7. The minimum atomic E-state index is -0.245. The van der Waals surface area contributed by atoms with Crippen LogP contribution in [0, 0.1) is 6.92 Å². The number of aryl methyl sites for hydroxylation is 1. The van der Waals surface area contributed by atoms with Crippen LogP contribution in [0.1, 0.15) is 29.9 Å². The zero-order valence-electron chi connectivity index (χ0n) is 19.2. The van der Waals surface area contributed by atoms with Crippen LogP contribution in [0.5, 0.6) is 11.5 Å². The lowest BCUT2D eigenvalue weighted by Crippen LogP contribution is -2.34. The number of thiazole rings is 1. The van der Waals surface area contributed by atoms with Gasteiger partial charge >= 0.3 is 0 Å². The number of hydrogen-bond acceptors (Lipinski definition) is 7. The minimum Gasteiger partial charge on any atom is -0.493 e. The van der Waals surface area contributed by atoms with E-state index >= 15 is 0 Å². The molecule has 2 amide bonds. The lowest BCUT2D eigenvalue weighted by atomic mass is 9.98. The standard InChI is InChI=1S/C25H27N3O5S/c1-15-4-3-5-21-24(15)27-25(34-21)26-22(29)13-28-12-17(11-23(28)30)16-6-7-19(31-2)20(10-16)33-18-8-9-32-14-18/h3-7,10,17-18H,8-9,11-14H2,1-2H3,(H,26,27,29)/t17?,18-/m1/s1. The minimum absolute atomic E-state index is 0.000788. The Balaban J connectivity index is 1.24. The number of hydrogen-bond donors (Lipinski definition) is 1. The summed E-state index contributed by atoms with van der Waals surface area (Å²) in [7, 11) is 1.61. The Kier molecular flexibility index (Phi) is 6.38. The van der Waals surface area contributed by atoms with E-state index in [4.69, 9.17) is 14.2 Å². The molecule has 178 valence electrons. The quantitative estimate of drug-likeness (QED) is 0.553. The Morgan fingerprint density at radius 3 is 2.94 bits per heavy atom. The van der Waals surface area contributed by atoms with E-state index in [-0.39, 0.29) is 30.4 Å². The van der Waals surface area contributed by atoms with E-state index in [2.05, 4.69) is 10.3 Å². The number of anilines is 1. The first-order valence-corrected chi connectivity index (χ1v) is 12.2. The lowest BCUT2D eigenvalue weighted by molar-refractivity contribution is -0.131. The van der Waals surface area contributed by atoms with Crippen LogP contribution in [-0.2, 0) is 14.3 Å². The van der Waals surface area contributed by atoms with E-state index in [0.717, 1.165) is 27.8 Å². The van der Waals surface area contributed by atoms with E-state index in [0.29, 0.717) is 42.8 Å². The molecule has 2 aromatic carbocycles. The summed E-state index contributed by atoms with van der Waals surface area (Å²) >= 11 is 1.43. The second kappa shape index (κ2) is 9.60. The van der Waals surface area contributed by atoms with Crippen LogP contribution in [0.2, 0.25) is 0 Å². The van der Waals surface area contributed by atoms with Crippen LogP contribution in [-0.4, -0.2) is 61.2 Å². The second-order valence-electron chi connectivity index (χ2n) is 8.68. The van der Waals surface area contributed by atoms with Crippen LogP contribution in [0.15, 0.2) is 36.4 Å². The molecule has 5 rings (SSSR count). The number of rotatable bonds is 7. The molecule has 0 bridgehead atoms. The lowest BCUT2D eigenvalue weighted by Gasteiger charge is -2.18. The van der Waals surface area contributed by atoms with E-state index < -0.39 is 0 Å². The molecule has 0 spiro atoms. The van der Waals surface area contributed by atoms with Gasteiger partial charge in [0.05, 0.1) is 37.1 Å². The molecule has 8 nitrogen and oxygen atoms in total. The molecule has 3 heterocycles. The van der Waals surface area contributed by atoms with Gasteiger partial charge in [0.1, 0.15) is 6.10 Å². The van der Waals surface area contributed by atoms with Gasteiger partial charge in [-0.1, -0.05) is 29.5 Å². The third-order valence-corrected chi connectivity index (χ3v) is 7.19. The smallest absolute Gasteiger partial charge is 0.245 e. The third-order valence-electron chi connectivity index (χ3n) is 6.26. The first kappa shape index (κ1) is 22.6. The number of carbonyl (C=O) groups excluding carboxylic acids is 2. The van der Waals surface area contributed by atoms with Gasteiger partial charge < -0.3 is 24.4 Å². The van der Waals surface area contributed by atoms with Gasteiger partial charge in [-0.3, -0.25) is 9.59 Å². The molecule has 0 saturated carbocycles. The van der Waals surface area contributed by atoms with Crippen molar-refractivity contribution in [2.75, 3.05) is 38.7 Å². The molecule has 9 heteroatoms. The van der Waals surface area contributed by atoms with Gasteiger partial charge in [-0.05, 0) is 36.2 Å². The van der Waals surface area contributed by atoms with Gasteiger partial charge in [-0.2, -0.15) is 0 Å². The summed E-state index contributed by atoms with van der Waals surface area (Å²) in [4.78, 5) is 31.5. The predicted octanol–water partition coefficient (Wildman–Crippen LogP) is 3.74. The molecule has 1 unspecified atom stereocenters. The normalized spacial score (nSPS) is 20.2. The molecule has 1 aromatic heterocycles. The number of nitrogens with one attached hydrogen (secondary N) is 1. The molecular weight excluding hydrogens is 454 g/mol. The molecule has 2 fully saturated rings. The highest BCUT2D eigenvalue weighted by Crippen LogP contribution is 2.36. The number of benzene rings is 2. The summed E-state index contributed by atoms with van der Waals surface area (Å²) in [5.41, 5.74) is 2.95. The fraction of sp³-hybridized carbons (Fsp3) is 0.400. The SMILES string of the molecule is COc1ccc(C2CC(=O)N(CC(=O)Nc3nc4c(C)cccc4s3)C2)cc1O[C@@H]1CCOC1. The van der Waals surface area contributed by atoms with Crippen LogP contribution in [0.25, 0.3) is 10.2 Å². The van der Waals surface area contributed by atoms with Crippen molar-refractivity contribution in [2.45, 2.75) is 31.8 Å². The number of fused-ring (bicyclic) bond motifs is 1. The topological polar surface area (TPSA) is 90.0 Å². The Morgan fingerprint density at radius 2 is 2.18 bits per heavy atom. The van der Waals surface area contributed by atoms with E-state index in [1.165, 1.54) is 11.3 Å². The Labute approximate surface area is 201 Å². The molecule has 3 aromatic rings. The van der Waals surface area contributed by atoms with Gasteiger partial charge in [-0.25, -0.2) is 4.98 Å². The number of ether oxygens (including phenoxy) is 3. The van der Waals surface area contributed by atoms with Crippen molar-refractivity contribution in [3.8, 4) is 11.5 Å². The summed E-state index contributed by atoms with van der Waals surface area (Å²) in [6.07, 6.45) is 1.19. The largest absolute Gasteiger partial charge is 0.493 e. The molecule has 34 heavy (non-hydrogen) atoms. The molecule has 2 aliphatic heterocycles. The number of aromatic nitrogens is 1. The van der Waals surface area contributed by atoms with Crippen LogP contribution in [0.3, 0.4) is 0 Å². The van der Waals surface area contributed by atoms with Crippen molar-refractivity contribution in [1.82, 2.24) is 9.88 Å². The van der Waals surface area contributed by atoms with Gasteiger partial charge in [-0.15, -0.1) is 0 Å². The number of nitrogens with zero attached hydrogens (tertiary/aromatic N) is 2. The highest BCUT2D eigenvalue weighted by Gasteiger charge is 2.32. The summed E-state index contributed by atoms with van der Waals surface area (Å²) in [6.45, 7) is 3.73. The van der Waals surface area contributed by atoms with Crippen LogP contribution >= 0.6 is 11.3 Å². The summed E-state index contributed by atoms with van der Waals surface area (Å²) in [5.74, 6) is 1.01. The zero-order valence-corrected chi connectivity index (χ0v) is 20.0. The van der Waals surface area contributed by atoms with Crippen molar-refractivity contribution in [3.05, 3.63) is 47.5 Å². The first-order chi connectivity index (χ1) is 16.5. The third kappa shape index (κ3) is 4.71. The molecule has 2 saturated heterocycles. The number of amides is 2. The molecule has 0 radical (unpaired) electrons. The van der Waals surface area contributed by atoms with E-state index in [1.807, 2.05) is 43.3 Å². The Bertz CT molecular complexity index is 1220. The van der Waals surface area contributed by atoms with E-state index in [9.17, 15) is 9.59 Å². The monoisotopic (exact) mass is 481 g/mol. The zero-order chi connectivity index (χ0) is 23.7. The molecule has 0 aliphatic carbocycles. The van der Waals surface area contributed by atoms with Crippen molar-refractivity contribution in [1.29, 1.82) is 0 Å². The summed E-state index contributed by atoms with van der Waals surface area (Å²) < 4.78 is 18.0. The Hall–Kier alpha value is -3.17. The Morgan fingerprint density at radius 1 is 1.29 bits per heavy atom. The first-order valence-electron chi connectivity index (χ1n) is 11.4. The molecule has 2 atom stereocenters. The van der Waals surface area contributed by atoms with Gasteiger partial charge in [0.2, 0.25) is 11.8 Å². The highest BCUT2D eigenvalue weighted by atomic mass is 32.1. The van der Waals surface area contributed by atoms with Crippen molar-refractivity contribution in [3.63, 3.8) is 0 Å². The maximum atomic E-state index is 12.7. The highest BCUT2D eigenvalue weighted by molar-refractivity contribution is 7.22. The summed E-state index contributed by atoms with van der Waals surface area (Å²) in [6, 6.07) is 11.7. The molecule has 2 aliphatic rings. The van der Waals surface area contributed by atoms with Crippen LogP contribution < -0.4 is 14.8 Å². The molecule has 1 N–H and O–H groups in total. The van der Waals surface area contributed by atoms with Crippen molar-refractivity contribution >= 4 is 38.5 Å². The average molecular weight is 482 g/mol. The predicted molar refractivity (Wildman–Crippen MR) is 130 cm³/mol. The van der Waals surface area contributed by atoms with Crippen LogP contribution in [0.4, 0.5) is 5.13 Å². The van der Waals surface area contributed by atoms with Crippen molar-refractivity contribution < 1.29 is 23.8 Å². The number of carbonyl (C=O) groups is 2. The van der Waals surface area contributed by atoms with Gasteiger partial charge in [0.25, 0.3) is 0 Å². The average Bonchev–Trinajstić information content (AvgIpc) is 3.55.